The highest BCUT2D eigenvalue weighted by Gasteiger charge is 2.29. The fourth-order valence-electron chi connectivity index (χ4n) is 4.55. The molecule has 8 heteroatoms. The van der Waals surface area contributed by atoms with E-state index in [0.29, 0.717) is 26.3 Å². The minimum Gasteiger partial charge on any atom is -0.380 e. The van der Waals surface area contributed by atoms with Crippen LogP contribution in [0.4, 0.5) is 5.69 Å². The molecular formula is C30H39N5O3. The molecule has 1 aromatic heterocycles. The third kappa shape index (κ3) is 6.48. The first kappa shape index (κ1) is 27.5. The van der Waals surface area contributed by atoms with Gasteiger partial charge in [0.05, 0.1) is 24.5 Å². The van der Waals surface area contributed by atoms with E-state index in [0.717, 1.165) is 40.2 Å². The summed E-state index contributed by atoms with van der Waals surface area (Å²) in [6.07, 6.45) is 1.20. The van der Waals surface area contributed by atoms with Crippen molar-refractivity contribution in [2.75, 3.05) is 24.7 Å². The fraction of sp³-hybridized carbons (Fsp3) is 0.467. The zero-order valence-corrected chi connectivity index (χ0v) is 23.2. The molecule has 0 saturated heterocycles. The van der Waals surface area contributed by atoms with Gasteiger partial charge in [0.1, 0.15) is 5.69 Å². The van der Waals surface area contributed by atoms with Crippen molar-refractivity contribution in [3.8, 4) is 22.5 Å². The van der Waals surface area contributed by atoms with E-state index in [-0.39, 0.29) is 36.1 Å². The standard InChI is InChI=1S/C30H39N5O3/c1-21(2)35-29-24-12-8-9-13-25(24)34(20-22-10-6-7-11-23(22)28(29)32-33-35)27(37)15-14-26(36)31-17-19-38-18-16-30(3,4)5/h6-13,21H,14-20H2,1-5H3,(H,31,36). The van der Waals surface area contributed by atoms with Gasteiger partial charge < -0.3 is 15.0 Å². The van der Waals surface area contributed by atoms with E-state index < -0.39 is 0 Å². The lowest BCUT2D eigenvalue weighted by Crippen LogP contribution is -2.34. The predicted octanol–water partition coefficient (Wildman–Crippen LogP) is 5.39. The second-order valence-corrected chi connectivity index (χ2v) is 11.3. The van der Waals surface area contributed by atoms with Crippen LogP contribution < -0.4 is 10.2 Å². The molecule has 2 aromatic carbocycles. The van der Waals surface area contributed by atoms with Gasteiger partial charge in [-0.15, -0.1) is 5.10 Å². The van der Waals surface area contributed by atoms with Crippen molar-refractivity contribution in [1.29, 1.82) is 0 Å². The lowest BCUT2D eigenvalue weighted by Gasteiger charge is -2.29. The third-order valence-electron chi connectivity index (χ3n) is 6.67. The molecule has 0 spiro atoms. The summed E-state index contributed by atoms with van der Waals surface area (Å²) < 4.78 is 7.54. The summed E-state index contributed by atoms with van der Waals surface area (Å²) in [4.78, 5) is 27.9. The lowest BCUT2D eigenvalue weighted by molar-refractivity contribution is -0.125. The quantitative estimate of drug-likeness (QED) is 0.385. The molecule has 8 nitrogen and oxygen atoms in total. The number of carbonyl (C=O) groups excluding carboxylic acids is 2. The Morgan fingerprint density at radius 3 is 2.45 bits per heavy atom. The molecule has 202 valence electrons. The van der Waals surface area contributed by atoms with Crippen LogP contribution in [-0.2, 0) is 20.9 Å². The van der Waals surface area contributed by atoms with Crippen molar-refractivity contribution >= 4 is 17.5 Å². The maximum Gasteiger partial charge on any atom is 0.227 e. The molecule has 2 heterocycles. The molecule has 0 saturated carbocycles. The maximum absolute atomic E-state index is 13.6. The fourth-order valence-corrected chi connectivity index (χ4v) is 4.55. The molecule has 0 unspecified atom stereocenters. The highest BCUT2D eigenvalue weighted by molar-refractivity contribution is 6.01. The van der Waals surface area contributed by atoms with Crippen LogP contribution in [0.1, 0.15) is 65.5 Å². The molecular weight excluding hydrogens is 478 g/mol. The zero-order chi connectivity index (χ0) is 27.3. The van der Waals surface area contributed by atoms with Crippen LogP contribution in [0, 0.1) is 5.41 Å². The summed E-state index contributed by atoms with van der Waals surface area (Å²) in [6, 6.07) is 16.0. The molecule has 1 N–H and O–H groups in total. The van der Waals surface area contributed by atoms with Crippen LogP contribution in [0.2, 0.25) is 0 Å². The average molecular weight is 518 g/mol. The smallest absolute Gasteiger partial charge is 0.227 e. The molecule has 0 bridgehead atoms. The molecule has 38 heavy (non-hydrogen) atoms. The van der Waals surface area contributed by atoms with Gasteiger partial charge in [0, 0.05) is 43.2 Å². The monoisotopic (exact) mass is 517 g/mol. The van der Waals surface area contributed by atoms with Crippen LogP contribution in [-0.4, -0.2) is 46.6 Å². The lowest BCUT2D eigenvalue weighted by atomic mass is 9.93. The Kier molecular flexibility index (Phi) is 8.62. The SMILES string of the molecule is CC(C)n1nnc2c1-c1ccccc1N(C(=O)CCC(=O)NCCOCCC(C)(C)C)Cc1ccccc1-2. The number of nitrogens with zero attached hydrogens (tertiary/aromatic N) is 4. The first-order valence-electron chi connectivity index (χ1n) is 13.4. The van der Waals surface area contributed by atoms with Crippen LogP contribution in [0.3, 0.4) is 0 Å². The van der Waals surface area contributed by atoms with Gasteiger partial charge in [-0.2, -0.15) is 0 Å². The van der Waals surface area contributed by atoms with E-state index in [4.69, 9.17) is 4.74 Å². The van der Waals surface area contributed by atoms with Crippen LogP contribution >= 0.6 is 0 Å². The number of nitrogens with one attached hydrogen (secondary N) is 1. The zero-order valence-electron chi connectivity index (χ0n) is 23.2. The van der Waals surface area contributed by atoms with E-state index in [9.17, 15) is 9.59 Å². The summed E-state index contributed by atoms with van der Waals surface area (Å²) in [5, 5.41) is 11.9. The Morgan fingerprint density at radius 2 is 1.71 bits per heavy atom. The number of para-hydroxylation sites is 1. The number of rotatable bonds is 9. The first-order valence-corrected chi connectivity index (χ1v) is 13.4. The van der Waals surface area contributed by atoms with Crippen molar-refractivity contribution in [3.05, 3.63) is 54.1 Å². The minimum absolute atomic E-state index is 0.0937. The van der Waals surface area contributed by atoms with Gasteiger partial charge in [-0.1, -0.05) is 68.4 Å². The van der Waals surface area contributed by atoms with E-state index in [1.165, 1.54) is 0 Å². The molecule has 3 aromatic rings. The number of amides is 2. The van der Waals surface area contributed by atoms with Crippen molar-refractivity contribution in [2.45, 2.75) is 66.5 Å². The number of fused-ring (bicyclic) bond motifs is 5. The second kappa shape index (κ2) is 11.9. The number of benzene rings is 2. The van der Waals surface area contributed by atoms with Crippen molar-refractivity contribution in [3.63, 3.8) is 0 Å². The second-order valence-electron chi connectivity index (χ2n) is 11.3. The van der Waals surface area contributed by atoms with Crippen LogP contribution in [0.25, 0.3) is 22.5 Å². The summed E-state index contributed by atoms with van der Waals surface area (Å²) in [5.74, 6) is -0.251. The van der Waals surface area contributed by atoms with Crippen molar-refractivity contribution < 1.29 is 14.3 Å². The Bertz CT molecular complexity index is 1270. The van der Waals surface area contributed by atoms with E-state index in [1.54, 1.807) is 4.90 Å². The highest BCUT2D eigenvalue weighted by atomic mass is 16.5. The Balaban J connectivity index is 1.49. The largest absolute Gasteiger partial charge is 0.380 e. The Labute approximate surface area is 225 Å². The number of hydrogen-bond donors (Lipinski definition) is 1. The molecule has 0 aliphatic carbocycles. The van der Waals surface area contributed by atoms with Gasteiger partial charge in [0.25, 0.3) is 0 Å². The Hall–Kier alpha value is -3.52. The number of hydrogen-bond acceptors (Lipinski definition) is 5. The normalized spacial score (nSPS) is 12.8. The number of aromatic nitrogens is 3. The molecule has 1 aliphatic rings. The minimum atomic E-state index is -0.150. The summed E-state index contributed by atoms with van der Waals surface area (Å²) in [7, 11) is 0. The van der Waals surface area contributed by atoms with Gasteiger partial charge in [0.2, 0.25) is 11.8 Å². The van der Waals surface area contributed by atoms with Gasteiger partial charge in [0.15, 0.2) is 0 Å². The van der Waals surface area contributed by atoms with Gasteiger partial charge in [-0.25, -0.2) is 4.68 Å². The molecule has 2 amide bonds. The number of anilines is 1. The predicted molar refractivity (Wildman–Crippen MR) is 150 cm³/mol. The van der Waals surface area contributed by atoms with Gasteiger partial charge in [-0.05, 0) is 37.3 Å². The highest BCUT2D eigenvalue weighted by Crippen LogP contribution is 2.42. The summed E-state index contributed by atoms with van der Waals surface area (Å²) >= 11 is 0. The van der Waals surface area contributed by atoms with Crippen molar-refractivity contribution in [1.82, 2.24) is 20.3 Å². The average Bonchev–Trinajstić information content (AvgIpc) is 3.31. The molecule has 1 aliphatic heterocycles. The molecule has 0 radical (unpaired) electrons. The van der Waals surface area contributed by atoms with Crippen LogP contribution in [0.15, 0.2) is 48.5 Å². The summed E-state index contributed by atoms with van der Waals surface area (Å²) in [5.41, 5.74) is 5.59. The first-order chi connectivity index (χ1) is 18.2. The third-order valence-corrected chi connectivity index (χ3v) is 6.67. The number of carbonyl (C=O) groups is 2. The van der Waals surface area contributed by atoms with E-state index >= 15 is 0 Å². The van der Waals surface area contributed by atoms with Gasteiger partial charge >= 0.3 is 0 Å². The maximum atomic E-state index is 13.6. The topological polar surface area (TPSA) is 89.4 Å². The molecule has 0 fully saturated rings. The molecule has 0 atom stereocenters. The Morgan fingerprint density at radius 1 is 1.00 bits per heavy atom. The molecule has 4 rings (SSSR count). The van der Waals surface area contributed by atoms with Gasteiger partial charge in [-0.3, -0.25) is 9.59 Å². The van der Waals surface area contributed by atoms with E-state index in [1.807, 2.05) is 53.2 Å². The van der Waals surface area contributed by atoms with Crippen molar-refractivity contribution in [2.24, 2.45) is 5.41 Å². The van der Waals surface area contributed by atoms with Crippen LogP contribution in [0.5, 0.6) is 0 Å². The number of ether oxygens (including phenoxy) is 1. The van der Waals surface area contributed by atoms with E-state index in [2.05, 4.69) is 50.2 Å². The summed E-state index contributed by atoms with van der Waals surface area (Å²) in [6.45, 7) is 12.6.